The number of benzene rings is 2. The van der Waals surface area contributed by atoms with Gasteiger partial charge in [-0.15, -0.1) is 0 Å². The Morgan fingerprint density at radius 1 is 0.963 bits per heavy atom. The van der Waals surface area contributed by atoms with Crippen molar-refractivity contribution in [2.24, 2.45) is 0 Å². The van der Waals surface area contributed by atoms with Gasteiger partial charge in [-0.05, 0) is 30.5 Å². The molecule has 0 heterocycles. The molecule has 7 heteroatoms. The van der Waals surface area contributed by atoms with Gasteiger partial charge in [0.05, 0.1) is 0 Å². The summed E-state index contributed by atoms with van der Waals surface area (Å²) >= 11 is 0. The number of rotatable bonds is 10. The first-order valence-electron chi connectivity index (χ1n) is 8.96. The molecule has 1 N–H and O–H groups in total. The van der Waals surface area contributed by atoms with Gasteiger partial charge in [-0.2, -0.15) is 8.42 Å². The summed E-state index contributed by atoms with van der Waals surface area (Å²) < 4.78 is 38.0. The van der Waals surface area contributed by atoms with Crippen LogP contribution >= 0.6 is 0 Å². The number of hydrogen-bond acceptors (Lipinski definition) is 4. The maximum Gasteiger partial charge on any atom is 1.00 e. The molecule has 0 aliphatic carbocycles. The van der Waals surface area contributed by atoms with E-state index < -0.39 is 20.8 Å². The van der Waals surface area contributed by atoms with E-state index in [4.69, 9.17) is 4.74 Å². The molecule has 0 unspecified atom stereocenters. The van der Waals surface area contributed by atoms with Crippen LogP contribution in [0.4, 0.5) is 0 Å². The zero-order valence-electron chi connectivity index (χ0n) is 16.0. The van der Waals surface area contributed by atoms with Crippen molar-refractivity contribution < 1.29 is 52.4 Å². The third-order valence-corrected chi connectivity index (χ3v) is 5.08. The van der Waals surface area contributed by atoms with Gasteiger partial charge in [-0.25, -0.2) is 0 Å². The van der Waals surface area contributed by atoms with Crippen molar-refractivity contribution in [2.45, 2.75) is 56.8 Å². The smallest absolute Gasteiger partial charge is 0.870 e. The van der Waals surface area contributed by atoms with Crippen molar-refractivity contribution in [3.8, 4) is 17.2 Å². The second kappa shape index (κ2) is 11.7. The fraction of sp³-hybridized carbons (Fsp3) is 0.400. The molecule has 0 atom stereocenters. The molecule has 0 radical (unpaired) electrons. The maximum absolute atomic E-state index is 12.1. The largest absolute Gasteiger partial charge is 1.00 e. The molecular formula is C20H25NaO5S. The molecule has 0 aliphatic heterocycles. The molecule has 5 nitrogen and oxygen atoms in total. The first-order valence-corrected chi connectivity index (χ1v) is 10.4. The van der Waals surface area contributed by atoms with Crippen molar-refractivity contribution >= 4 is 10.1 Å². The molecule has 0 saturated carbocycles. The standard InChI is InChI=1S/C20H26O5S.Na/c1-2-3-4-5-6-7-11-16-12-8-9-14-18(16)25-20-17(21)13-10-15-19(20)26(22,23)24;/h8-10,12-15,21H,2-7,11H2,1H3,(H,22,23,24);/q;+1/p-1. The van der Waals surface area contributed by atoms with Crippen LogP contribution in [0.2, 0.25) is 0 Å². The van der Waals surface area contributed by atoms with Crippen LogP contribution in [-0.2, 0) is 16.5 Å². The summed E-state index contributed by atoms with van der Waals surface area (Å²) in [6, 6.07) is 10.9. The van der Waals surface area contributed by atoms with Gasteiger partial charge < -0.3 is 9.84 Å². The zero-order valence-corrected chi connectivity index (χ0v) is 18.8. The molecule has 0 bridgehead atoms. The molecular weight excluding hydrogens is 375 g/mol. The quantitative estimate of drug-likeness (QED) is 0.373. The van der Waals surface area contributed by atoms with Crippen LogP contribution in [0.25, 0.3) is 0 Å². The fourth-order valence-electron chi connectivity index (χ4n) is 2.82. The van der Waals surface area contributed by atoms with E-state index in [1.54, 1.807) is 12.1 Å². The fourth-order valence-corrected chi connectivity index (χ4v) is 3.44. The first kappa shape index (κ1) is 24.0. The molecule has 0 aromatic heterocycles. The Kier molecular flexibility index (Phi) is 10.4. The number of para-hydroxylation sites is 2. The summed E-state index contributed by atoms with van der Waals surface area (Å²) in [5.74, 6) is -0.519. The van der Waals surface area contributed by atoms with Crippen LogP contribution in [0, 0.1) is 0 Å². The predicted octanol–water partition coefficient (Wildman–Crippen LogP) is 1.71. The minimum atomic E-state index is -4.54. The molecule has 27 heavy (non-hydrogen) atoms. The van der Waals surface area contributed by atoms with Crippen molar-refractivity contribution in [1.82, 2.24) is 0 Å². The minimum absolute atomic E-state index is 0. The third-order valence-electron chi connectivity index (χ3n) is 4.20. The van der Waals surface area contributed by atoms with Gasteiger partial charge in [0.25, 0.3) is 10.1 Å². The average Bonchev–Trinajstić information content (AvgIpc) is 2.60. The monoisotopic (exact) mass is 400 g/mol. The molecule has 142 valence electrons. The van der Waals surface area contributed by atoms with Crippen LogP contribution in [0.15, 0.2) is 47.4 Å². The van der Waals surface area contributed by atoms with E-state index in [1.165, 1.54) is 37.8 Å². The van der Waals surface area contributed by atoms with Gasteiger partial charge in [0.1, 0.15) is 16.4 Å². The average molecular weight is 400 g/mol. The summed E-state index contributed by atoms with van der Waals surface area (Å²) in [6.07, 6.45) is 7.77. The number of aryl methyl sites for hydroxylation is 1. The Morgan fingerprint density at radius 2 is 1.63 bits per heavy atom. The van der Waals surface area contributed by atoms with E-state index in [9.17, 15) is 18.1 Å². The second-order valence-corrected chi connectivity index (χ2v) is 7.68. The molecule has 2 aromatic carbocycles. The van der Waals surface area contributed by atoms with Crippen LogP contribution in [0.5, 0.6) is 17.2 Å². The summed E-state index contributed by atoms with van der Waals surface area (Å²) in [6.45, 7) is 2.18. The topological polar surface area (TPSA) is 86.7 Å². The van der Waals surface area contributed by atoms with Gasteiger partial charge >= 0.3 is 29.6 Å². The van der Waals surface area contributed by atoms with Gasteiger partial charge in [-0.1, -0.05) is 75.1 Å². The van der Waals surface area contributed by atoms with E-state index in [0.29, 0.717) is 5.75 Å². The molecule has 0 spiro atoms. The number of hydrogen-bond donors (Lipinski definition) is 1. The van der Waals surface area contributed by atoms with Crippen LogP contribution in [0.1, 0.15) is 51.0 Å². The molecule has 2 rings (SSSR count). The predicted molar refractivity (Wildman–Crippen MR) is 99.3 cm³/mol. The van der Waals surface area contributed by atoms with Gasteiger partial charge in [0, 0.05) is 0 Å². The summed E-state index contributed by atoms with van der Waals surface area (Å²) in [7, 11) is -4.54. The molecule has 0 amide bonds. The maximum atomic E-state index is 12.1. The van der Waals surface area contributed by atoms with E-state index in [-0.39, 0.29) is 35.3 Å². The van der Waals surface area contributed by atoms with E-state index in [2.05, 4.69) is 6.92 Å². The van der Waals surface area contributed by atoms with Crippen molar-refractivity contribution in [2.75, 3.05) is 0 Å². The molecule has 0 saturated heterocycles. The van der Waals surface area contributed by atoms with E-state index in [0.717, 1.165) is 30.9 Å². The van der Waals surface area contributed by atoms with Gasteiger partial charge in [0.15, 0.2) is 0 Å². The van der Waals surface area contributed by atoms with Crippen molar-refractivity contribution in [1.29, 1.82) is 0 Å². The number of ether oxygens (including phenoxy) is 1. The Morgan fingerprint density at radius 3 is 2.33 bits per heavy atom. The molecule has 0 fully saturated rings. The SMILES string of the molecule is CCCCCCCCc1ccccc1Oc1c([O-])cccc1S(=O)(=O)O.[Na+]. The normalized spacial score (nSPS) is 11.0. The zero-order chi connectivity index (χ0) is 19.0. The third kappa shape index (κ3) is 7.47. The van der Waals surface area contributed by atoms with Crippen LogP contribution in [-0.4, -0.2) is 13.0 Å². The Bertz CT molecular complexity index is 821. The van der Waals surface area contributed by atoms with Crippen LogP contribution in [0.3, 0.4) is 0 Å². The molecule has 2 aromatic rings. The second-order valence-electron chi connectivity index (χ2n) is 6.29. The van der Waals surface area contributed by atoms with Gasteiger partial charge in [0.2, 0.25) is 0 Å². The Labute approximate surface area is 183 Å². The Hall–Kier alpha value is -1.05. The van der Waals surface area contributed by atoms with E-state index in [1.807, 2.05) is 12.1 Å². The van der Waals surface area contributed by atoms with Crippen LogP contribution < -0.4 is 39.4 Å². The Balaban J connectivity index is 0.00000364. The van der Waals surface area contributed by atoms with E-state index >= 15 is 0 Å². The minimum Gasteiger partial charge on any atom is -0.870 e. The molecule has 0 aliphatic rings. The first-order chi connectivity index (χ1) is 12.4. The summed E-state index contributed by atoms with van der Waals surface area (Å²) in [5, 5.41) is 12.1. The summed E-state index contributed by atoms with van der Waals surface area (Å²) in [5.41, 5.74) is 0.910. The summed E-state index contributed by atoms with van der Waals surface area (Å²) in [4.78, 5) is -0.514. The van der Waals surface area contributed by atoms with Crippen molar-refractivity contribution in [3.63, 3.8) is 0 Å². The van der Waals surface area contributed by atoms with Gasteiger partial charge in [-0.3, -0.25) is 4.55 Å². The van der Waals surface area contributed by atoms with Crippen molar-refractivity contribution in [3.05, 3.63) is 48.0 Å². The number of unbranched alkanes of at least 4 members (excludes halogenated alkanes) is 5.